The maximum Gasteiger partial charge on any atom is 0.144 e. The van der Waals surface area contributed by atoms with E-state index in [1.807, 2.05) is 0 Å². The van der Waals surface area contributed by atoms with E-state index < -0.39 is 16.5 Å². The molecule has 0 amide bonds. The van der Waals surface area contributed by atoms with Gasteiger partial charge in [0.1, 0.15) is 16.5 Å². The minimum absolute atomic E-state index is 1.25. The van der Waals surface area contributed by atoms with Crippen LogP contribution in [-0.2, 0) is 0 Å². The van der Waals surface area contributed by atoms with Gasteiger partial charge in [0.2, 0.25) is 0 Å². The normalized spacial score (nSPS) is 12.5. The Morgan fingerprint density at radius 1 is 0.650 bits per heavy atom. The molecule has 0 aliphatic heterocycles. The highest BCUT2D eigenvalue weighted by Crippen LogP contribution is 2.31. The Bertz CT molecular complexity index is 555. The van der Waals surface area contributed by atoms with Crippen LogP contribution in [0, 0.1) is 0 Å². The average Bonchev–Trinajstić information content (AvgIpc) is 2.26. The van der Waals surface area contributed by atoms with Crippen LogP contribution < -0.4 is 9.96 Å². The first-order valence-electron chi connectivity index (χ1n) is 7.23. The second-order valence-corrected chi connectivity index (χ2v) is 17.0. The van der Waals surface area contributed by atoms with Gasteiger partial charge < -0.3 is 9.96 Å². The van der Waals surface area contributed by atoms with Gasteiger partial charge in [-0.05, 0) is 22.9 Å². The van der Waals surface area contributed by atoms with Crippen LogP contribution in [0.2, 0.25) is 39.3 Å². The molecular weight excluding hydrogens is 276 g/mol. The van der Waals surface area contributed by atoms with Gasteiger partial charge in [-0.25, -0.2) is 0 Å². The summed E-state index contributed by atoms with van der Waals surface area (Å²) in [5.74, 6) is 0. The van der Waals surface area contributed by atoms with E-state index in [4.69, 9.17) is 0 Å². The first-order chi connectivity index (χ1) is 9.14. The maximum absolute atomic E-state index is 3.76. The summed E-state index contributed by atoms with van der Waals surface area (Å²) in [4.78, 5) is 7.53. The number of fused-ring (bicyclic) bond motifs is 1. The van der Waals surface area contributed by atoms with Crippen LogP contribution in [0.5, 0.6) is 0 Å². The van der Waals surface area contributed by atoms with Gasteiger partial charge in [-0.1, -0.05) is 63.5 Å². The van der Waals surface area contributed by atoms with Gasteiger partial charge in [-0.15, -0.1) is 0 Å². The fraction of sp³-hybridized carbons (Fsp3) is 0.375. The number of anilines is 2. The van der Waals surface area contributed by atoms with Crippen molar-refractivity contribution in [3.8, 4) is 0 Å². The lowest BCUT2D eigenvalue weighted by Gasteiger charge is -2.27. The molecule has 0 saturated heterocycles. The lowest BCUT2D eigenvalue weighted by molar-refractivity contribution is 1.55. The molecule has 0 atom stereocenters. The molecule has 2 aromatic carbocycles. The quantitative estimate of drug-likeness (QED) is 0.746. The fourth-order valence-corrected chi connectivity index (χ4v) is 4.28. The van der Waals surface area contributed by atoms with Gasteiger partial charge >= 0.3 is 0 Å². The Labute approximate surface area is 124 Å². The Kier molecular flexibility index (Phi) is 3.98. The molecule has 0 aliphatic rings. The van der Waals surface area contributed by atoms with Crippen molar-refractivity contribution in [3.63, 3.8) is 0 Å². The molecule has 2 rings (SSSR count). The third kappa shape index (κ3) is 4.11. The number of hydrogen-bond donors (Lipinski definition) is 2. The zero-order valence-corrected chi connectivity index (χ0v) is 15.5. The topological polar surface area (TPSA) is 24.1 Å². The van der Waals surface area contributed by atoms with Crippen molar-refractivity contribution in [1.29, 1.82) is 0 Å². The summed E-state index contributed by atoms with van der Waals surface area (Å²) in [6.07, 6.45) is 0. The second kappa shape index (κ2) is 5.26. The van der Waals surface area contributed by atoms with Crippen molar-refractivity contribution in [2.45, 2.75) is 39.3 Å². The molecule has 0 fully saturated rings. The Morgan fingerprint density at radius 2 is 1.00 bits per heavy atom. The van der Waals surface area contributed by atoms with Gasteiger partial charge in [0.25, 0.3) is 0 Å². The molecule has 0 heterocycles. The Morgan fingerprint density at radius 3 is 1.30 bits per heavy atom. The van der Waals surface area contributed by atoms with Crippen molar-refractivity contribution in [2.24, 2.45) is 0 Å². The number of benzene rings is 2. The number of nitrogens with one attached hydrogen (secondary N) is 2. The van der Waals surface area contributed by atoms with Crippen LogP contribution in [0.3, 0.4) is 0 Å². The first kappa shape index (κ1) is 15.1. The molecule has 0 bridgehead atoms. The van der Waals surface area contributed by atoms with E-state index in [1.54, 1.807) is 0 Å². The van der Waals surface area contributed by atoms with Gasteiger partial charge in [0, 0.05) is 11.4 Å². The summed E-state index contributed by atoms with van der Waals surface area (Å²) in [5.41, 5.74) is 2.51. The van der Waals surface area contributed by atoms with E-state index in [1.165, 1.54) is 22.1 Å². The van der Waals surface area contributed by atoms with E-state index in [2.05, 4.69) is 85.6 Å². The molecule has 4 heteroatoms. The summed E-state index contributed by atoms with van der Waals surface area (Å²) < 4.78 is 0. The summed E-state index contributed by atoms with van der Waals surface area (Å²) in [5, 5.41) is 2.60. The summed E-state index contributed by atoms with van der Waals surface area (Å²) in [6.45, 7) is 14.0. The van der Waals surface area contributed by atoms with E-state index in [-0.39, 0.29) is 0 Å². The highest BCUT2D eigenvalue weighted by atomic mass is 28.3. The van der Waals surface area contributed by atoms with Crippen LogP contribution in [0.15, 0.2) is 36.4 Å². The molecule has 2 aromatic rings. The van der Waals surface area contributed by atoms with Crippen molar-refractivity contribution in [2.75, 3.05) is 9.96 Å². The Balaban J connectivity index is 2.52. The standard InChI is InChI=1S/C16H26N2Si2/c1-19(2,3)17-15-11-13-9-7-8-10-14(13)12-16(15)18-20(4,5)6/h7-12,17-18H,1-6H3. The largest absolute Gasteiger partial charge is 0.409 e. The predicted octanol–water partition coefficient (Wildman–Crippen LogP) is 5.33. The highest BCUT2D eigenvalue weighted by Gasteiger charge is 2.19. The molecule has 108 valence electrons. The SMILES string of the molecule is C[Si](C)(C)Nc1cc2ccccc2cc1N[Si](C)(C)C. The number of hydrogen-bond acceptors (Lipinski definition) is 2. The summed E-state index contributed by atoms with van der Waals surface area (Å²) in [6, 6.07) is 13.1. The van der Waals surface area contributed by atoms with Crippen molar-refractivity contribution in [1.82, 2.24) is 0 Å². The lowest BCUT2D eigenvalue weighted by Crippen LogP contribution is -2.35. The predicted molar refractivity (Wildman–Crippen MR) is 97.9 cm³/mol. The van der Waals surface area contributed by atoms with Crippen molar-refractivity contribution in [3.05, 3.63) is 36.4 Å². The van der Waals surface area contributed by atoms with Crippen LogP contribution in [0.25, 0.3) is 10.8 Å². The van der Waals surface area contributed by atoms with E-state index in [0.717, 1.165) is 0 Å². The zero-order chi connectivity index (χ0) is 15.0. The third-order valence-electron chi connectivity index (χ3n) is 2.91. The molecule has 0 radical (unpaired) electrons. The summed E-state index contributed by atoms with van der Waals surface area (Å²) >= 11 is 0. The van der Waals surface area contributed by atoms with Gasteiger partial charge in [-0.2, -0.15) is 0 Å². The minimum atomic E-state index is -1.37. The first-order valence-corrected chi connectivity index (χ1v) is 14.2. The molecule has 0 spiro atoms. The van der Waals surface area contributed by atoms with Gasteiger partial charge in [0.15, 0.2) is 0 Å². The van der Waals surface area contributed by atoms with Crippen molar-refractivity contribution < 1.29 is 0 Å². The molecule has 0 unspecified atom stereocenters. The lowest BCUT2D eigenvalue weighted by atomic mass is 10.1. The smallest absolute Gasteiger partial charge is 0.144 e. The molecule has 2 N–H and O–H groups in total. The van der Waals surface area contributed by atoms with E-state index in [9.17, 15) is 0 Å². The van der Waals surface area contributed by atoms with E-state index >= 15 is 0 Å². The minimum Gasteiger partial charge on any atom is -0.409 e. The maximum atomic E-state index is 3.76. The third-order valence-corrected chi connectivity index (χ3v) is 4.94. The second-order valence-electron chi connectivity index (χ2n) is 7.49. The molecule has 0 saturated carbocycles. The summed E-state index contributed by atoms with van der Waals surface area (Å²) in [7, 11) is -2.73. The molecular formula is C16H26N2Si2. The van der Waals surface area contributed by atoms with Crippen LogP contribution in [-0.4, -0.2) is 16.5 Å². The van der Waals surface area contributed by atoms with Crippen LogP contribution in [0.1, 0.15) is 0 Å². The molecule has 0 aromatic heterocycles. The van der Waals surface area contributed by atoms with Crippen LogP contribution >= 0.6 is 0 Å². The molecule has 0 aliphatic carbocycles. The van der Waals surface area contributed by atoms with Gasteiger partial charge in [-0.3, -0.25) is 0 Å². The fourth-order valence-electron chi connectivity index (χ4n) is 2.26. The monoisotopic (exact) mass is 302 g/mol. The molecule has 20 heavy (non-hydrogen) atoms. The molecule has 2 nitrogen and oxygen atoms in total. The highest BCUT2D eigenvalue weighted by molar-refractivity contribution is 6.80. The zero-order valence-electron chi connectivity index (χ0n) is 13.5. The van der Waals surface area contributed by atoms with Crippen molar-refractivity contribution >= 4 is 38.6 Å². The van der Waals surface area contributed by atoms with Crippen LogP contribution in [0.4, 0.5) is 11.4 Å². The van der Waals surface area contributed by atoms with E-state index in [0.29, 0.717) is 0 Å². The van der Waals surface area contributed by atoms with Gasteiger partial charge in [0.05, 0.1) is 0 Å². The Hall–Kier alpha value is -1.27. The number of rotatable bonds is 4. The average molecular weight is 303 g/mol.